The third-order valence-corrected chi connectivity index (χ3v) is 3.79. The third-order valence-electron chi connectivity index (χ3n) is 3.79. The lowest BCUT2D eigenvalue weighted by Gasteiger charge is -2.39. The van der Waals surface area contributed by atoms with Crippen molar-refractivity contribution in [2.75, 3.05) is 26.3 Å². The maximum absolute atomic E-state index is 13.1. The van der Waals surface area contributed by atoms with Crippen molar-refractivity contribution in [2.24, 2.45) is 0 Å². The van der Waals surface area contributed by atoms with E-state index in [0.717, 1.165) is 13.1 Å². The van der Waals surface area contributed by atoms with Crippen LogP contribution in [0, 0.1) is 12.7 Å². The number of hydrogen-bond acceptors (Lipinski definition) is 3. The van der Waals surface area contributed by atoms with Gasteiger partial charge in [-0.2, -0.15) is 0 Å². The molecule has 1 saturated heterocycles. The first-order valence-corrected chi connectivity index (χ1v) is 6.56. The van der Waals surface area contributed by atoms with Gasteiger partial charge in [0.1, 0.15) is 5.82 Å². The average Bonchev–Trinajstić information content (AvgIpc) is 2.39. The Hall–Kier alpha value is -1.26. The molecule has 0 unspecified atom stereocenters. The minimum atomic E-state index is -0.591. The van der Waals surface area contributed by atoms with Crippen molar-refractivity contribution in [1.29, 1.82) is 0 Å². The van der Waals surface area contributed by atoms with Crippen LogP contribution < -0.4 is 0 Å². The molecule has 0 N–H and O–H groups in total. The summed E-state index contributed by atoms with van der Waals surface area (Å²) in [5.41, 5.74) is 0.691. The highest BCUT2D eigenvalue weighted by Crippen LogP contribution is 2.24. The van der Waals surface area contributed by atoms with E-state index in [0.29, 0.717) is 24.3 Å². The Labute approximate surface area is 113 Å². The van der Waals surface area contributed by atoms with E-state index < -0.39 is 5.54 Å². The summed E-state index contributed by atoms with van der Waals surface area (Å²) in [7, 11) is 0. The number of nitrogens with zero attached hydrogens (tertiary/aromatic N) is 1. The van der Waals surface area contributed by atoms with Gasteiger partial charge >= 0.3 is 0 Å². The van der Waals surface area contributed by atoms with Crippen LogP contribution in [0.15, 0.2) is 18.2 Å². The quantitative estimate of drug-likeness (QED) is 0.786. The molecule has 0 atom stereocenters. The molecule has 3 nitrogen and oxygen atoms in total. The topological polar surface area (TPSA) is 29.5 Å². The van der Waals surface area contributed by atoms with Crippen LogP contribution in [0.25, 0.3) is 0 Å². The lowest BCUT2D eigenvalue weighted by molar-refractivity contribution is -0.00432. The normalized spacial score (nSPS) is 17.5. The Morgan fingerprint density at radius 2 is 1.95 bits per heavy atom. The second kappa shape index (κ2) is 5.39. The zero-order chi connectivity index (χ0) is 14.0. The molecule has 4 heteroatoms. The van der Waals surface area contributed by atoms with Gasteiger partial charge in [0.25, 0.3) is 0 Å². The summed E-state index contributed by atoms with van der Waals surface area (Å²) < 4.78 is 18.4. The highest BCUT2D eigenvalue weighted by molar-refractivity contribution is 6.03. The van der Waals surface area contributed by atoms with E-state index in [1.54, 1.807) is 13.0 Å². The Balaban J connectivity index is 2.26. The van der Waals surface area contributed by atoms with E-state index in [9.17, 15) is 9.18 Å². The molecule has 0 bridgehead atoms. The first-order valence-electron chi connectivity index (χ1n) is 6.56. The SMILES string of the molecule is Cc1cc(F)ccc1C(=O)C(C)(C)N1CCOCC1. The van der Waals surface area contributed by atoms with Crippen molar-refractivity contribution in [3.63, 3.8) is 0 Å². The van der Waals surface area contributed by atoms with Crippen molar-refractivity contribution in [2.45, 2.75) is 26.3 Å². The molecule has 0 aliphatic carbocycles. The molecular weight excluding hydrogens is 245 g/mol. The van der Waals surface area contributed by atoms with Gasteiger partial charge in [-0.25, -0.2) is 4.39 Å². The largest absolute Gasteiger partial charge is 0.379 e. The molecule has 1 aromatic carbocycles. The molecule has 0 spiro atoms. The molecule has 0 aromatic heterocycles. The highest BCUT2D eigenvalue weighted by Gasteiger charge is 2.36. The second-order valence-electron chi connectivity index (χ2n) is 5.45. The average molecular weight is 265 g/mol. The maximum Gasteiger partial charge on any atom is 0.182 e. The predicted octanol–water partition coefficient (Wildman–Crippen LogP) is 2.43. The number of ether oxygens (including phenoxy) is 1. The smallest absolute Gasteiger partial charge is 0.182 e. The van der Waals surface area contributed by atoms with Crippen molar-refractivity contribution in [1.82, 2.24) is 4.90 Å². The molecule has 19 heavy (non-hydrogen) atoms. The zero-order valence-electron chi connectivity index (χ0n) is 11.7. The molecule has 1 aliphatic rings. The summed E-state index contributed by atoms with van der Waals surface area (Å²) >= 11 is 0. The van der Waals surface area contributed by atoms with Gasteiger partial charge in [-0.05, 0) is 44.5 Å². The van der Waals surface area contributed by atoms with Crippen LogP contribution in [0.5, 0.6) is 0 Å². The maximum atomic E-state index is 13.1. The monoisotopic (exact) mass is 265 g/mol. The van der Waals surface area contributed by atoms with Crippen LogP contribution in [-0.4, -0.2) is 42.5 Å². The molecule has 1 aliphatic heterocycles. The van der Waals surface area contributed by atoms with Crippen LogP contribution in [-0.2, 0) is 4.74 Å². The van der Waals surface area contributed by atoms with Crippen LogP contribution in [0.3, 0.4) is 0 Å². The number of ketones is 1. The number of rotatable bonds is 3. The molecule has 0 saturated carbocycles. The van der Waals surface area contributed by atoms with Gasteiger partial charge in [0.05, 0.1) is 18.8 Å². The van der Waals surface area contributed by atoms with Gasteiger partial charge in [-0.1, -0.05) is 0 Å². The van der Waals surface area contributed by atoms with E-state index >= 15 is 0 Å². The second-order valence-corrected chi connectivity index (χ2v) is 5.45. The van der Waals surface area contributed by atoms with E-state index in [2.05, 4.69) is 4.90 Å². The number of morpholine rings is 1. The predicted molar refractivity (Wildman–Crippen MR) is 71.9 cm³/mol. The highest BCUT2D eigenvalue weighted by atomic mass is 19.1. The molecule has 104 valence electrons. The summed E-state index contributed by atoms with van der Waals surface area (Å²) in [5, 5.41) is 0. The molecular formula is C15H20FNO2. The molecule has 0 radical (unpaired) electrons. The van der Waals surface area contributed by atoms with Crippen molar-refractivity contribution < 1.29 is 13.9 Å². The lowest BCUT2D eigenvalue weighted by atomic mass is 9.89. The first kappa shape index (κ1) is 14.2. The summed E-state index contributed by atoms with van der Waals surface area (Å²) in [5.74, 6) is -0.273. The van der Waals surface area contributed by atoms with Crippen LogP contribution in [0.1, 0.15) is 29.8 Å². The van der Waals surface area contributed by atoms with E-state index in [1.807, 2.05) is 13.8 Å². The number of benzene rings is 1. The van der Waals surface area contributed by atoms with Crippen molar-refractivity contribution >= 4 is 5.78 Å². The Kier molecular flexibility index (Phi) is 4.02. The number of carbonyl (C=O) groups excluding carboxylic acids is 1. The minimum Gasteiger partial charge on any atom is -0.379 e. The van der Waals surface area contributed by atoms with Gasteiger partial charge in [0.2, 0.25) is 0 Å². The van der Waals surface area contributed by atoms with E-state index in [4.69, 9.17) is 4.74 Å². The molecule has 1 aromatic rings. The fourth-order valence-electron chi connectivity index (χ4n) is 2.48. The summed E-state index contributed by atoms with van der Waals surface area (Å²) in [6, 6.07) is 4.33. The lowest BCUT2D eigenvalue weighted by Crippen LogP contribution is -2.54. The Morgan fingerprint density at radius 3 is 2.53 bits per heavy atom. The van der Waals surface area contributed by atoms with Gasteiger partial charge in [-0.15, -0.1) is 0 Å². The summed E-state index contributed by atoms with van der Waals surface area (Å²) in [6.07, 6.45) is 0. The number of carbonyl (C=O) groups is 1. The van der Waals surface area contributed by atoms with E-state index in [-0.39, 0.29) is 11.6 Å². The summed E-state index contributed by atoms with van der Waals surface area (Å²) in [6.45, 7) is 8.41. The van der Waals surface area contributed by atoms with Gasteiger partial charge in [-0.3, -0.25) is 9.69 Å². The van der Waals surface area contributed by atoms with Crippen LogP contribution in [0.2, 0.25) is 0 Å². The van der Waals surface area contributed by atoms with E-state index in [1.165, 1.54) is 12.1 Å². The number of hydrogen-bond donors (Lipinski definition) is 0. The fourth-order valence-corrected chi connectivity index (χ4v) is 2.48. The Bertz CT molecular complexity index is 479. The van der Waals surface area contributed by atoms with Crippen molar-refractivity contribution in [3.8, 4) is 0 Å². The van der Waals surface area contributed by atoms with Gasteiger partial charge in [0.15, 0.2) is 5.78 Å². The molecule has 1 heterocycles. The standard InChI is InChI=1S/C15H20FNO2/c1-11-10-12(16)4-5-13(11)14(18)15(2,3)17-6-8-19-9-7-17/h4-5,10H,6-9H2,1-3H3. The minimum absolute atomic E-state index is 0.0342. The molecule has 1 fully saturated rings. The Morgan fingerprint density at radius 1 is 1.32 bits per heavy atom. The van der Waals surface area contributed by atoms with Crippen LogP contribution >= 0.6 is 0 Å². The number of halogens is 1. The first-order chi connectivity index (χ1) is 8.93. The van der Waals surface area contributed by atoms with Gasteiger partial charge < -0.3 is 4.74 Å². The zero-order valence-corrected chi connectivity index (χ0v) is 11.7. The molecule has 0 amide bonds. The van der Waals surface area contributed by atoms with Crippen molar-refractivity contribution in [3.05, 3.63) is 35.1 Å². The third kappa shape index (κ3) is 2.85. The number of aryl methyl sites for hydroxylation is 1. The summed E-state index contributed by atoms with van der Waals surface area (Å²) in [4.78, 5) is 14.8. The molecule has 2 rings (SSSR count). The van der Waals surface area contributed by atoms with Gasteiger partial charge in [0, 0.05) is 18.7 Å². The van der Waals surface area contributed by atoms with Crippen LogP contribution in [0.4, 0.5) is 4.39 Å². The number of Topliss-reactive ketones (excluding diaryl/α,β-unsaturated/α-hetero) is 1. The fraction of sp³-hybridized carbons (Fsp3) is 0.533.